The van der Waals surface area contributed by atoms with Crippen molar-refractivity contribution in [3.8, 4) is 5.75 Å². The number of phenolic OH excluding ortho intramolecular Hbond substituents is 1. The van der Waals surface area contributed by atoms with Gasteiger partial charge in [-0.05, 0) is 38.8 Å². The Balaban J connectivity index is 2.02. The Morgan fingerprint density at radius 1 is 1.50 bits per heavy atom. The minimum Gasteiger partial charge on any atom is -0.508 e. The number of hydrogen-bond acceptors (Lipinski definition) is 4. The van der Waals surface area contributed by atoms with Crippen molar-refractivity contribution in [3.05, 3.63) is 23.8 Å². The predicted molar refractivity (Wildman–Crippen MR) is 82.4 cm³/mol. The fourth-order valence-corrected chi connectivity index (χ4v) is 2.74. The monoisotopic (exact) mass is 278 g/mol. The van der Waals surface area contributed by atoms with Gasteiger partial charge in [0, 0.05) is 43.6 Å². The van der Waals surface area contributed by atoms with E-state index in [0.717, 1.165) is 37.4 Å². The van der Waals surface area contributed by atoms with Crippen LogP contribution in [-0.2, 0) is 4.74 Å². The number of nitrogens with one attached hydrogen (secondary N) is 1. The van der Waals surface area contributed by atoms with Gasteiger partial charge in [0.25, 0.3) is 0 Å². The van der Waals surface area contributed by atoms with Crippen LogP contribution < -0.4 is 10.2 Å². The molecular formula is C16H26N2O2. The first-order valence-corrected chi connectivity index (χ1v) is 7.41. The van der Waals surface area contributed by atoms with Gasteiger partial charge < -0.3 is 20.1 Å². The van der Waals surface area contributed by atoms with Crippen LogP contribution in [0.1, 0.15) is 31.4 Å². The van der Waals surface area contributed by atoms with Gasteiger partial charge in [-0.2, -0.15) is 0 Å². The number of nitrogens with zero attached hydrogens (tertiary/aromatic N) is 1. The van der Waals surface area contributed by atoms with Crippen LogP contribution in [0, 0.1) is 5.92 Å². The third-order valence-electron chi connectivity index (χ3n) is 4.14. The second kappa shape index (κ2) is 6.95. The average molecular weight is 278 g/mol. The molecule has 1 aliphatic rings. The summed E-state index contributed by atoms with van der Waals surface area (Å²) in [6.07, 6.45) is 2.38. The van der Waals surface area contributed by atoms with Crippen molar-refractivity contribution in [1.29, 1.82) is 0 Å². The van der Waals surface area contributed by atoms with E-state index >= 15 is 0 Å². The molecular weight excluding hydrogens is 252 g/mol. The van der Waals surface area contributed by atoms with E-state index in [1.165, 1.54) is 6.42 Å². The number of benzene rings is 1. The molecule has 4 heteroatoms. The van der Waals surface area contributed by atoms with Crippen LogP contribution in [0.5, 0.6) is 5.75 Å². The highest BCUT2D eigenvalue weighted by molar-refractivity contribution is 5.53. The molecule has 2 atom stereocenters. The average Bonchev–Trinajstić information content (AvgIpc) is 2.47. The Morgan fingerprint density at radius 2 is 2.30 bits per heavy atom. The smallest absolute Gasteiger partial charge is 0.122 e. The second-order valence-corrected chi connectivity index (χ2v) is 5.72. The number of phenols is 1. The van der Waals surface area contributed by atoms with Crippen LogP contribution in [0.25, 0.3) is 0 Å². The third kappa shape index (κ3) is 3.64. The van der Waals surface area contributed by atoms with E-state index in [1.54, 1.807) is 0 Å². The molecule has 0 amide bonds. The highest BCUT2D eigenvalue weighted by Crippen LogP contribution is 2.29. The van der Waals surface area contributed by atoms with Gasteiger partial charge >= 0.3 is 0 Å². The summed E-state index contributed by atoms with van der Waals surface area (Å²) in [4.78, 5) is 2.20. The van der Waals surface area contributed by atoms with Crippen LogP contribution in [0.2, 0.25) is 0 Å². The normalized spacial score (nSPS) is 20.6. The predicted octanol–water partition coefficient (Wildman–Crippen LogP) is 2.54. The Kier molecular flexibility index (Phi) is 5.26. The zero-order chi connectivity index (χ0) is 14.5. The van der Waals surface area contributed by atoms with E-state index in [-0.39, 0.29) is 6.04 Å². The van der Waals surface area contributed by atoms with Crippen LogP contribution in [0.4, 0.5) is 5.69 Å². The Labute approximate surface area is 121 Å². The summed E-state index contributed by atoms with van der Waals surface area (Å²) in [7, 11) is 3.97. The summed E-state index contributed by atoms with van der Waals surface area (Å²) in [5.74, 6) is 0.947. The van der Waals surface area contributed by atoms with E-state index in [0.29, 0.717) is 11.7 Å². The minimum atomic E-state index is 0.154. The number of ether oxygens (including phenoxy) is 1. The van der Waals surface area contributed by atoms with Crippen molar-refractivity contribution in [3.63, 3.8) is 0 Å². The molecule has 1 saturated heterocycles. The van der Waals surface area contributed by atoms with Gasteiger partial charge in [0.05, 0.1) is 6.61 Å². The van der Waals surface area contributed by atoms with Crippen molar-refractivity contribution in [2.75, 3.05) is 38.8 Å². The molecule has 2 unspecified atom stereocenters. The topological polar surface area (TPSA) is 44.7 Å². The molecule has 20 heavy (non-hydrogen) atoms. The van der Waals surface area contributed by atoms with E-state index in [4.69, 9.17) is 4.74 Å². The van der Waals surface area contributed by atoms with E-state index in [9.17, 15) is 5.11 Å². The highest BCUT2D eigenvalue weighted by atomic mass is 16.5. The summed E-state index contributed by atoms with van der Waals surface area (Å²) in [5, 5.41) is 13.3. The molecule has 2 rings (SSSR count). The lowest BCUT2D eigenvalue weighted by atomic mass is 10.0. The largest absolute Gasteiger partial charge is 0.508 e. The second-order valence-electron chi connectivity index (χ2n) is 5.72. The molecule has 1 aliphatic heterocycles. The summed E-state index contributed by atoms with van der Waals surface area (Å²) in [5.41, 5.74) is 1.99. The van der Waals surface area contributed by atoms with Crippen molar-refractivity contribution < 1.29 is 9.84 Å². The fraction of sp³-hybridized carbons (Fsp3) is 0.625. The van der Waals surface area contributed by atoms with Gasteiger partial charge in [0.15, 0.2) is 0 Å². The molecule has 0 aliphatic carbocycles. The number of rotatable bonds is 5. The summed E-state index contributed by atoms with van der Waals surface area (Å²) >= 11 is 0. The van der Waals surface area contributed by atoms with Crippen LogP contribution >= 0.6 is 0 Å². The molecule has 0 radical (unpaired) electrons. The lowest BCUT2D eigenvalue weighted by molar-refractivity contribution is 0.0576. The maximum Gasteiger partial charge on any atom is 0.122 e. The van der Waals surface area contributed by atoms with Gasteiger partial charge in [-0.3, -0.25) is 0 Å². The lowest BCUT2D eigenvalue weighted by Crippen LogP contribution is -2.30. The zero-order valence-corrected chi connectivity index (χ0v) is 12.7. The molecule has 0 spiro atoms. The quantitative estimate of drug-likeness (QED) is 0.869. The first-order valence-electron chi connectivity index (χ1n) is 7.41. The number of anilines is 1. The molecule has 0 aromatic heterocycles. The summed E-state index contributed by atoms with van der Waals surface area (Å²) < 4.78 is 5.52. The van der Waals surface area contributed by atoms with E-state index < -0.39 is 0 Å². The third-order valence-corrected chi connectivity index (χ3v) is 4.14. The van der Waals surface area contributed by atoms with E-state index in [2.05, 4.69) is 23.3 Å². The molecule has 112 valence electrons. The van der Waals surface area contributed by atoms with Gasteiger partial charge in [-0.25, -0.2) is 0 Å². The molecule has 0 saturated carbocycles. The van der Waals surface area contributed by atoms with Crippen molar-refractivity contribution >= 4 is 5.69 Å². The van der Waals surface area contributed by atoms with Crippen LogP contribution in [-0.4, -0.2) is 39.0 Å². The molecule has 1 heterocycles. The molecule has 4 nitrogen and oxygen atoms in total. The zero-order valence-electron chi connectivity index (χ0n) is 12.7. The number of hydrogen-bond donors (Lipinski definition) is 2. The summed E-state index contributed by atoms with van der Waals surface area (Å²) in [6.45, 7) is 4.76. The van der Waals surface area contributed by atoms with Crippen LogP contribution in [0.3, 0.4) is 0 Å². The molecule has 1 aromatic rings. The maximum atomic E-state index is 10.2. The van der Waals surface area contributed by atoms with Crippen molar-refractivity contribution in [2.24, 2.45) is 5.92 Å². The molecule has 1 fully saturated rings. The fourth-order valence-electron chi connectivity index (χ4n) is 2.74. The van der Waals surface area contributed by atoms with Crippen molar-refractivity contribution in [1.82, 2.24) is 5.32 Å². The van der Waals surface area contributed by atoms with Gasteiger partial charge in [-0.15, -0.1) is 0 Å². The lowest BCUT2D eigenvalue weighted by Gasteiger charge is -2.28. The molecule has 2 N–H and O–H groups in total. The minimum absolute atomic E-state index is 0.154. The highest BCUT2D eigenvalue weighted by Gasteiger charge is 2.17. The molecule has 0 bridgehead atoms. The molecule has 1 aromatic carbocycles. The maximum absolute atomic E-state index is 10.2. The Morgan fingerprint density at radius 3 is 2.90 bits per heavy atom. The first kappa shape index (κ1) is 15.1. The van der Waals surface area contributed by atoms with Crippen LogP contribution in [0.15, 0.2) is 18.2 Å². The van der Waals surface area contributed by atoms with Gasteiger partial charge in [0.1, 0.15) is 5.75 Å². The van der Waals surface area contributed by atoms with Gasteiger partial charge in [0.2, 0.25) is 0 Å². The first-order chi connectivity index (χ1) is 9.61. The van der Waals surface area contributed by atoms with Crippen molar-refractivity contribution in [2.45, 2.75) is 25.8 Å². The van der Waals surface area contributed by atoms with Gasteiger partial charge in [-0.1, -0.05) is 6.07 Å². The van der Waals surface area contributed by atoms with E-state index in [1.807, 2.05) is 26.1 Å². The Hall–Kier alpha value is -1.26. The summed E-state index contributed by atoms with van der Waals surface area (Å²) in [6, 6.07) is 6.08. The SMILES string of the molecule is CNC(C)c1ccc(N(C)CC2CCCOC2)cc1O. The Bertz CT molecular complexity index is 430. The standard InChI is InChI=1S/C16H26N2O2/c1-12(17-2)15-7-6-14(9-16(15)19)18(3)10-13-5-4-8-20-11-13/h6-7,9,12-13,17,19H,4-5,8,10-11H2,1-3H3. The number of aromatic hydroxyl groups is 1.